The van der Waals surface area contributed by atoms with E-state index in [4.69, 9.17) is 10.5 Å². The fraction of sp³-hybridized carbons (Fsp3) is 0.125. The van der Waals surface area contributed by atoms with Crippen LogP contribution in [0.25, 0.3) is 16.9 Å². The number of hydrogen-bond acceptors (Lipinski definition) is 4. The van der Waals surface area contributed by atoms with Crippen LogP contribution in [0.2, 0.25) is 0 Å². The Hall–Kier alpha value is -2.66. The van der Waals surface area contributed by atoms with E-state index < -0.39 is 0 Å². The molecule has 106 valence electrons. The second-order valence-electron chi connectivity index (χ2n) is 4.52. The first-order valence-electron chi connectivity index (χ1n) is 6.74. The number of benzene rings is 1. The molecule has 0 unspecified atom stereocenters. The summed E-state index contributed by atoms with van der Waals surface area (Å²) in [4.78, 5) is 8.28. The van der Waals surface area contributed by atoms with Gasteiger partial charge in [0.05, 0.1) is 18.2 Å². The molecule has 3 aromatic rings. The highest BCUT2D eigenvalue weighted by atomic mass is 16.5. The van der Waals surface area contributed by atoms with Crippen LogP contribution < -0.4 is 10.5 Å². The summed E-state index contributed by atoms with van der Waals surface area (Å²) in [5.74, 6) is 0.815. The van der Waals surface area contributed by atoms with Gasteiger partial charge in [0.25, 0.3) is 0 Å². The van der Waals surface area contributed by atoms with Gasteiger partial charge in [0, 0.05) is 30.2 Å². The number of nitrogens with two attached hydrogens (primary N) is 1. The summed E-state index contributed by atoms with van der Waals surface area (Å²) in [7, 11) is 0. The molecule has 1 aromatic carbocycles. The Morgan fingerprint density at radius 1 is 1.00 bits per heavy atom. The maximum absolute atomic E-state index is 5.48. The minimum atomic E-state index is 0.509. The summed E-state index contributed by atoms with van der Waals surface area (Å²) in [6, 6.07) is 11.8. The monoisotopic (exact) mass is 280 g/mol. The zero-order chi connectivity index (χ0) is 14.5. The van der Waals surface area contributed by atoms with Crippen molar-refractivity contribution in [2.24, 2.45) is 5.73 Å². The highest BCUT2D eigenvalue weighted by Gasteiger charge is 2.06. The van der Waals surface area contributed by atoms with Crippen molar-refractivity contribution in [2.45, 2.75) is 0 Å². The predicted molar refractivity (Wildman–Crippen MR) is 81.3 cm³/mol. The van der Waals surface area contributed by atoms with Crippen molar-refractivity contribution in [3.8, 4) is 22.7 Å². The van der Waals surface area contributed by atoms with E-state index in [1.807, 2.05) is 47.2 Å². The van der Waals surface area contributed by atoms with Crippen LogP contribution in [0.3, 0.4) is 0 Å². The molecule has 2 heterocycles. The standard InChI is InChI=1S/C16H16N4O/c17-7-10-21-15-3-1-14(2-4-15)20-12-19-11-16(20)13-5-8-18-9-6-13/h1-6,8-9,11-12H,7,10,17H2. The van der Waals surface area contributed by atoms with E-state index in [1.165, 1.54) is 0 Å². The zero-order valence-electron chi connectivity index (χ0n) is 11.5. The van der Waals surface area contributed by atoms with Crippen LogP contribution in [0.5, 0.6) is 5.75 Å². The number of imidazole rings is 1. The third-order valence-corrected chi connectivity index (χ3v) is 3.12. The van der Waals surface area contributed by atoms with Gasteiger partial charge in [-0.25, -0.2) is 4.98 Å². The lowest BCUT2D eigenvalue weighted by molar-refractivity contribution is 0.328. The molecular formula is C16H16N4O. The van der Waals surface area contributed by atoms with Gasteiger partial charge in [0.2, 0.25) is 0 Å². The van der Waals surface area contributed by atoms with E-state index in [0.29, 0.717) is 13.2 Å². The molecule has 5 heteroatoms. The Labute approximate surface area is 123 Å². The topological polar surface area (TPSA) is 66.0 Å². The minimum Gasteiger partial charge on any atom is -0.492 e. The molecule has 0 radical (unpaired) electrons. The van der Waals surface area contributed by atoms with Crippen molar-refractivity contribution < 1.29 is 4.74 Å². The third kappa shape index (κ3) is 2.93. The lowest BCUT2D eigenvalue weighted by Gasteiger charge is -2.09. The van der Waals surface area contributed by atoms with Gasteiger partial charge in [-0.3, -0.25) is 9.55 Å². The Bertz CT molecular complexity index is 692. The molecule has 3 rings (SSSR count). The van der Waals surface area contributed by atoms with Crippen molar-refractivity contribution in [3.05, 3.63) is 61.3 Å². The molecule has 5 nitrogen and oxygen atoms in total. The van der Waals surface area contributed by atoms with Gasteiger partial charge in [-0.1, -0.05) is 0 Å². The molecule has 0 bridgehead atoms. The molecule has 0 aliphatic rings. The van der Waals surface area contributed by atoms with E-state index in [-0.39, 0.29) is 0 Å². The van der Waals surface area contributed by atoms with Crippen molar-refractivity contribution in [3.63, 3.8) is 0 Å². The average Bonchev–Trinajstić information content (AvgIpc) is 3.04. The lowest BCUT2D eigenvalue weighted by atomic mass is 10.2. The fourth-order valence-corrected chi connectivity index (χ4v) is 2.12. The maximum atomic E-state index is 5.48. The van der Waals surface area contributed by atoms with Crippen molar-refractivity contribution >= 4 is 0 Å². The van der Waals surface area contributed by atoms with Gasteiger partial charge in [-0.2, -0.15) is 0 Å². The van der Waals surface area contributed by atoms with Gasteiger partial charge in [0.15, 0.2) is 0 Å². The first-order valence-corrected chi connectivity index (χ1v) is 6.74. The minimum absolute atomic E-state index is 0.509. The molecule has 2 N–H and O–H groups in total. The van der Waals surface area contributed by atoms with Crippen molar-refractivity contribution in [1.82, 2.24) is 14.5 Å². The molecule has 0 saturated carbocycles. The number of rotatable bonds is 5. The molecular weight excluding hydrogens is 264 g/mol. The third-order valence-electron chi connectivity index (χ3n) is 3.12. The summed E-state index contributed by atoms with van der Waals surface area (Å²) < 4.78 is 7.51. The van der Waals surface area contributed by atoms with Gasteiger partial charge >= 0.3 is 0 Å². The number of ether oxygens (including phenoxy) is 1. The Balaban J connectivity index is 1.90. The molecule has 2 aromatic heterocycles. The quantitative estimate of drug-likeness (QED) is 0.778. The van der Waals surface area contributed by atoms with Crippen LogP contribution in [0.4, 0.5) is 0 Å². The number of hydrogen-bond donors (Lipinski definition) is 1. The highest BCUT2D eigenvalue weighted by Crippen LogP contribution is 2.23. The van der Waals surface area contributed by atoms with Gasteiger partial charge in [-0.05, 0) is 36.4 Å². The van der Waals surface area contributed by atoms with Crippen molar-refractivity contribution in [2.75, 3.05) is 13.2 Å². The normalized spacial score (nSPS) is 10.5. The van der Waals surface area contributed by atoms with E-state index >= 15 is 0 Å². The molecule has 0 aliphatic carbocycles. The predicted octanol–water partition coefficient (Wildman–Crippen LogP) is 2.27. The fourth-order valence-electron chi connectivity index (χ4n) is 2.12. The summed E-state index contributed by atoms with van der Waals surface area (Å²) in [6.45, 7) is 1.03. The first-order chi connectivity index (χ1) is 10.4. The summed E-state index contributed by atoms with van der Waals surface area (Å²) in [6.07, 6.45) is 7.19. The Morgan fingerprint density at radius 2 is 1.76 bits per heavy atom. The molecule has 0 atom stereocenters. The van der Waals surface area contributed by atoms with E-state index in [0.717, 1.165) is 22.7 Å². The molecule has 0 aliphatic heterocycles. The van der Waals surface area contributed by atoms with Gasteiger partial charge in [-0.15, -0.1) is 0 Å². The maximum Gasteiger partial charge on any atom is 0.119 e. The lowest BCUT2D eigenvalue weighted by Crippen LogP contribution is -2.10. The molecule has 0 amide bonds. The number of pyridine rings is 1. The second kappa shape index (κ2) is 6.19. The summed E-state index contributed by atoms with van der Waals surface area (Å²) >= 11 is 0. The number of aromatic nitrogens is 3. The van der Waals surface area contributed by atoms with Crippen LogP contribution in [-0.4, -0.2) is 27.7 Å². The highest BCUT2D eigenvalue weighted by molar-refractivity contribution is 5.61. The van der Waals surface area contributed by atoms with Gasteiger partial charge in [0.1, 0.15) is 12.4 Å². The SMILES string of the molecule is NCCOc1ccc(-n2cncc2-c2ccncc2)cc1. The van der Waals surface area contributed by atoms with Crippen LogP contribution in [-0.2, 0) is 0 Å². The van der Waals surface area contributed by atoms with Crippen LogP contribution in [0.15, 0.2) is 61.3 Å². The average molecular weight is 280 g/mol. The molecule has 0 spiro atoms. The van der Waals surface area contributed by atoms with Crippen LogP contribution >= 0.6 is 0 Å². The van der Waals surface area contributed by atoms with Crippen LogP contribution in [0, 0.1) is 0 Å². The van der Waals surface area contributed by atoms with E-state index in [9.17, 15) is 0 Å². The van der Waals surface area contributed by atoms with Crippen molar-refractivity contribution in [1.29, 1.82) is 0 Å². The van der Waals surface area contributed by atoms with E-state index in [2.05, 4.69) is 9.97 Å². The Kier molecular flexibility index (Phi) is 3.93. The summed E-state index contributed by atoms with van der Waals surface area (Å²) in [5, 5.41) is 0. The Morgan fingerprint density at radius 3 is 2.48 bits per heavy atom. The smallest absolute Gasteiger partial charge is 0.119 e. The zero-order valence-corrected chi connectivity index (χ0v) is 11.5. The second-order valence-corrected chi connectivity index (χ2v) is 4.52. The molecule has 21 heavy (non-hydrogen) atoms. The molecule has 0 saturated heterocycles. The van der Waals surface area contributed by atoms with Gasteiger partial charge < -0.3 is 10.5 Å². The number of nitrogens with zero attached hydrogens (tertiary/aromatic N) is 3. The van der Waals surface area contributed by atoms with Crippen LogP contribution in [0.1, 0.15) is 0 Å². The first kappa shape index (κ1) is 13.3. The summed E-state index contributed by atoms with van der Waals surface area (Å²) in [5.41, 5.74) is 8.55. The molecule has 0 fully saturated rings. The van der Waals surface area contributed by atoms with E-state index in [1.54, 1.807) is 18.7 Å². The largest absolute Gasteiger partial charge is 0.492 e.